The molecule has 1 aromatic heterocycles. The average Bonchev–Trinajstić information content (AvgIpc) is 2.80. The fourth-order valence-corrected chi connectivity index (χ4v) is 4.35. The largest absolute Gasteiger partial charge is 0.352 e. The minimum atomic E-state index is -4.13. The van der Waals surface area contributed by atoms with E-state index in [-0.39, 0.29) is 40.0 Å². The van der Waals surface area contributed by atoms with E-state index in [4.69, 9.17) is 11.6 Å². The maximum Gasteiger partial charge on any atom is 0.263 e. The molecule has 3 N–H and O–H groups in total. The number of pyridine rings is 1. The lowest BCUT2D eigenvalue weighted by Gasteiger charge is -2.11. The van der Waals surface area contributed by atoms with Crippen LogP contribution in [0, 0.1) is 5.82 Å². The monoisotopic (exact) mass is 490 g/mol. The molecule has 0 saturated carbocycles. The van der Waals surface area contributed by atoms with E-state index in [1.807, 2.05) is 0 Å². The van der Waals surface area contributed by atoms with Crippen LogP contribution in [-0.4, -0.2) is 31.8 Å². The van der Waals surface area contributed by atoms with Gasteiger partial charge in [0, 0.05) is 43.2 Å². The average molecular weight is 491 g/mol. The molecular weight excluding hydrogens is 471 g/mol. The zero-order valence-corrected chi connectivity index (χ0v) is 18.8. The minimum absolute atomic E-state index is 0.0433. The summed E-state index contributed by atoms with van der Waals surface area (Å²) in [6.07, 6.45) is 3.29. The van der Waals surface area contributed by atoms with Gasteiger partial charge in [0.15, 0.2) is 0 Å². The number of benzene rings is 2. The first kappa shape index (κ1) is 24.1. The summed E-state index contributed by atoms with van der Waals surface area (Å²) in [4.78, 5) is 28.0. The summed E-state index contributed by atoms with van der Waals surface area (Å²) in [7, 11) is -4.13. The highest BCUT2D eigenvalue weighted by molar-refractivity contribution is 7.92. The first-order valence-electron chi connectivity index (χ1n) is 9.76. The van der Waals surface area contributed by atoms with Crippen LogP contribution in [0.4, 0.5) is 10.1 Å². The number of nitrogens with one attached hydrogen (secondary N) is 3. The topological polar surface area (TPSA) is 117 Å². The molecule has 3 rings (SSSR count). The van der Waals surface area contributed by atoms with Crippen LogP contribution in [0.1, 0.15) is 22.3 Å². The fourth-order valence-electron chi connectivity index (χ4n) is 2.76. The predicted molar refractivity (Wildman–Crippen MR) is 122 cm³/mol. The van der Waals surface area contributed by atoms with Gasteiger partial charge >= 0.3 is 0 Å². The minimum Gasteiger partial charge on any atom is -0.352 e. The number of amides is 2. The van der Waals surface area contributed by atoms with E-state index in [0.29, 0.717) is 6.54 Å². The van der Waals surface area contributed by atoms with Crippen molar-refractivity contribution in [2.24, 2.45) is 0 Å². The van der Waals surface area contributed by atoms with Crippen molar-refractivity contribution in [2.45, 2.75) is 17.9 Å². The van der Waals surface area contributed by atoms with Gasteiger partial charge in [-0.2, -0.15) is 0 Å². The SMILES string of the molecule is O=C(CCNC(=O)c1ccc(Cl)c(S(=O)(=O)Nc2ccc(F)cc2)c1)NCc1ccncc1. The van der Waals surface area contributed by atoms with Gasteiger partial charge in [-0.05, 0) is 60.2 Å². The molecule has 0 unspecified atom stereocenters. The van der Waals surface area contributed by atoms with Gasteiger partial charge < -0.3 is 10.6 Å². The number of carbonyl (C=O) groups is 2. The number of nitrogens with zero attached hydrogens (tertiary/aromatic N) is 1. The second kappa shape index (κ2) is 10.9. The first-order chi connectivity index (χ1) is 15.7. The third kappa shape index (κ3) is 6.99. The Morgan fingerprint density at radius 1 is 0.970 bits per heavy atom. The second-order valence-electron chi connectivity index (χ2n) is 6.90. The third-order valence-corrected chi connectivity index (χ3v) is 6.32. The van der Waals surface area contributed by atoms with Crippen molar-refractivity contribution in [3.05, 3.63) is 89.0 Å². The van der Waals surface area contributed by atoms with E-state index in [0.717, 1.165) is 23.8 Å². The molecule has 0 aliphatic heterocycles. The Balaban J connectivity index is 1.58. The number of halogens is 2. The zero-order chi connectivity index (χ0) is 23.8. The molecule has 0 fully saturated rings. The summed E-state index contributed by atoms with van der Waals surface area (Å²) in [6, 6.07) is 12.1. The number of rotatable bonds is 9. The molecule has 0 spiro atoms. The van der Waals surface area contributed by atoms with Gasteiger partial charge in [0.1, 0.15) is 10.7 Å². The molecule has 0 saturated heterocycles. The molecule has 11 heteroatoms. The van der Waals surface area contributed by atoms with Crippen LogP contribution in [-0.2, 0) is 21.4 Å². The predicted octanol–water partition coefficient (Wildman–Crippen LogP) is 3.11. The van der Waals surface area contributed by atoms with Crippen LogP contribution in [0.5, 0.6) is 0 Å². The van der Waals surface area contributed by atoms with Gasteiger partial charge in [-0.1, -0.05) is 11.6 Å². The first-order valence-corrected chi connectivity index (χ1v) is 11.6. The van der Waals surface area contributed by atoms with Crippen molar-refractivity contribution in [2.75, 3.05) is 11.3 Å². The quantitative estimate of drug-likeness (QED) is 0.426. The zero-order valence-electron chi connectivity index (χ0n) is 17.2. The molecule has 0 aliphatic carbocycles. The second-order valence-corrected chi connectivity index (χ2v) is 8.95. The Kier molecular flexibility index (Phi) is 7.96. The Labute approximate surface area is 195 Å². The van der Waals surface area contributed by atoms with Gasteiger partial charge in [0.25, 0.3) is 15.9 Å². The Morgan fingerprint density at radius 3 is 2.36 bits per heavy atom. The van der Waals surface area contributed by atoms with Crippen molar-refractivity contribution >= 4 is 39.1 Å². The van der Waals surface area contributed by atoms with Crippen molar-refractivity contribution in [3.8, 4) is 0 Å². The van der Waals surface area contributed by atoms with Crippen molar-refractivity contribution in [1.82, 2.24) is 15.6 Å². The van der Waals surface area contributed by atoms with Gasteiger partial charge in [0.2, 0.25) is 5.91 Å². The van der Waals surface area contributed by atoms with Crippen LogP contribution in [0.25, 0.3) is 0 Å². The molecule has 0 atom stereocenters. The lowest BCUT2D eigenvalue weighted by atomic mass is 10.2. The Hall–Kier alpha value is -3.50. The fraction of sp³-hybridized carbons (Fsp3) is 0.136. The number of hydrogen-bond donors (Lipinski definition) is 3. The lowest BCUT2D eigenvalue weighted by molar-refractivity contribution is -0.121. The van der Waals surface area contributed by atoms with Gasteiger partial charge in [-0.3, -0.25) is 19.3 Å². The van der Waals surface area contributed by atoms with Crippen LogP contribution >= 0.6 is 11.6 Å². The number of aromatic nitrogens is 1. The summed E-state index contributed by atoms with van der Waals surface area (Å²) in [5.41, 5.74) is 1.09. The molecular formula is C22H20ClFN4O4S. The maximum absolute atomic E-state index is 13.1. The maximum atomic E-state index is 13.1. The number of hydrogen-bond acceptors (Lipinski definition) is 5. The van der Waals surface area contributed by atoms with E-state index in [9.17, 15) is 22.4 Å². The van der Waals surface area contributed by atoms with Crippen molar-refractivity contribution in [3.63, 3.8) is 0 Å². The van der Waals surface area contributed by atoms with E-state index in [1.165, 1.54) is 24.3 Å². The Bertz CT molecular complexity index is 1240. The van der Waals surface area contributed by atoms with Crippen molar-refractivity contribution in [1.29, 1.82) is 0 Å². The molecule has 0 radical (unpaired) electrons. The van der Waals surface area contributed by atoms with E-state index < -0.39 is 21.7 Å². The highest BCUT2D eigenvalue weighted by atomic mass is 35.5. The number of carbonyl (C=O) groups excluding carboxylic acids is 2. The molecule has 8 nitrogen and oxygen atoms in total. The smallest absolute Gasteiger partial charge is 0.263 e. The van der Waals surface area contributed by atoms with Crippen LogP contribution < -0.4 is 15.4 Å². The normalized spacial score (nSPS) is 11.0. The van der Waals surface area contributed by atoms with E-state index in [2.05, 4.69) is 20.3 Å². The molecule has 3 aromatic rings. The summed E-state index contributed by atoms with van der Waals surface area (Å²) in [6.45, 7) is 0.397. The molecule has 33 heavy (non-hydrogen) atoms. The summed E-state index contributed by atoms with van der Waals surface area (Å²) >= 11 is 6.04. The van der Waals surface area contributed by atoms with Crippen LogP contribution in [0.2, 0.25) is 5.02 Å². The molecule has 0 bridgehead atoms. The molecule has 1 heterocycles. The Morgan fingerprint density at radius 2 is 1.67 bits per heavy atom. The van der Waals surface area contributed by atoms with Crippen LogP contribution in [0.15, 0.2) is 71.9 Å². The van der Waals surface area contributed by atoms with E-state index in [1.54, 1.807) is 24.5 Å². The van der Waals surface area contributed by atoms with E-state index >= 15 is 0 Å². The van der Waals surface area contributed by atoms with Crippen molar-refractivity contribution < 1.29 is 22.4 Å². The molecule has 172 valence electrons. The lowest BCUT2D eigenvalue weighted by Crippen LogP contribution is -2.30. The summed E-state index contributed by atoms with van der Waals surface area (Å²) < 4.78 is 40.7. The molecule has 2 aromatic carbocycles. The van der Waals surface area contributed by atoms with Gasteiger partial charge in [-0.25, -0.2) is 12.8 Å². The van der Waals surface area contributed by atoms with Crippen LogP contribution in [0.3, 0.4) is 0 Å². The van der Waals surface area contributed by atoms with Gasteiger partial charge in [0.05, 0.1) is 5.02 Å². The summed E-state index contributed by atoms with van der Waals surface area (Å²) in [5.74, 6) is -1.33. The number of anilines is 1. The summed E-state index contributed by atoms with van der Waals surface area (Å²) in [5, 5.41) is 5.21. The highest BCUT2D eigenvalue weighted by Gasteiger charge is 2.20. The molecule has 0 aliphatic rings. The van der Waals surface area contributed by atoms with Gasteiger partial charge in [-0.15, -0.1) is 0 Å². The number of sulfonamides is 1. The third-order valence-electron chi connectivity index (χ3n) is 4.46. The highest BCUT2D eigenvalue weighted by Crippen LogP contribution is 2.25. The standard InChI is InChI=1S/C22H20ClFN4O4S/c23-19-6-1-16(13-20(19)33(31,32)28-18-4-2-17(24)3-5-18)22(30)26-12-9-21(29)27-14-15-7-10-25-11-8-15/h1-8,10-11,13,28H,9,12,14H2,(H,26,30)(H,27,29). The molecule has 2 amide bonds.